The number of aromatic amines is 1. The summed E-state index contributed by atoms with van der Waals surface area (Å²) in [7, 11) is -4.19. The molecule has 0 unspecified atom stereocenters. The molecule has 3 rings (SSSR count). The van der Waals surface area contributed by atoms with Crippen molar-refractivity contribution in [3.63, 3.8) is 0 Å². The average Bonchev–Trinajstić information content (AvgIpc) is 2.98. The van der Waals surface area contributed by atoms with Crippen LogP contribution in [0.3, 0.4) is 0 Å². The first-order chi connectivity index (χ1) is 11.4. The Labute approximate surface area is 141 Å². The number of ether oxygens (including phenoxy) is 1. The third-order valence-electron chi connectivity index (χ3n) is 3.48. The second kappa shape index (κ2) is 6.54. The van der Waals surface area contributed by atoms with Gasteiger partial charge in [-0.2, -0.15) is 5.10 Å². The fraction of sp³-hybridized carbons (Fsp3) is 0.308. The van der Waals surface area contributed by atoms with Crippen molar-refractivity contribution >= 4 is 33.0 Å². The number of morpholine rings is 1. The molecular formula is C13H13ClF2N4O3S. The lowest BCUT2D eigenvalue weighted by Gasteiger charge is -2.29. The lowest BCUT2D eigenvalue weighted by Crippen LogP contribution is -2.36. The van der Waals surface area contributed by atoms with Crippen LogP contribution in [0.5, 0.6) is 0 Å². The SMILES string of the molecule is O=S(=O)(Nc1cc(F)c(N2CCOCC2)cc1F)c1cn[nH]c1Cl. The highest BCUT2D eigenvalue weighted by molar-refractivity contribution is 7.92. The van der Waals surface area contributed by atoms with Crippen LogP contribution < -0.4 is 9.62 Å². The van der Waals surface area contributed by atoms with Crippen molar-refractivity contribution < 1.29 is 21.9 Å². The number of sulfonamides is 1. The highest BCUT2D eigenvalue weighted by Gasteiger charge is 2.24. The normalized spacial score (nSPS) is 15.5. The van der Waals surface area contributed by atoms with Crippen LogP contribution >= 0.6 is 11.6 Å². The summed E-state index contributed by atoms with van der Waals surface area (Å²) < 4.78 is 60.0. The summed E-state index contributed by atoms with van der Waals surface area (Å²) in [6.45, 7) is 1.67. The highest BCUT2D eigenvalue weighted by Crippen LogP contribution is 2.29. The summed E-state index contributed by atoms with van der Waals surface area (Å²) in [4.78, 5) is 1.27. The van der Waals surface area contributed by atoms with Crippen molar-refractivity contribution in [3.05, 3.63) is 35.1 Å². The fourth-order valence-corrected chi connectivity index (χ4v) is 3.74. The Bertz CT molecular complexity index is 853. The van der Waals surface area contributed by atoms with Crippen molar-refractivity contribution in [3.8, 4) is 0 Å². The Kier molecular flexibility index (Phi) is 4.61. The predicted molar refractivity (Wildman–Crippen MR) is 83.8 cm³/mol. The van der Waals surface area contributed by atoms with Gasteiger partial charge in [0.05, 0.1) is 30.8 Å². The molecule has 24 heavy (non-hydrogen) atoms. The van der Waals surface area contributed by atoms with E-state index in [-0.39, 0.29) is 15.7 Å². The zero-order valence-corrected chi connectivity index (χ0v) is 13.8. The third kappa shape index (κ3) is 3.30. The topological polar surface area (TPSA) is 87.3 Å². The first-order valence-corrected chi connectivity index (χ1v) is 8.78. The summed E-state index contributed by atoms with van der Waals surface area (Å²) in [5, 5.41) is 5.50. The Morgan fingerprint density at radius 1 is 1.25 bits per heavy atom. The van der Waals surface area contributed by atoms with Gasteiger partial charge in [0.25, 0.3) is 10.0 Å². The molecule has 0 aliphatic carbocycles. The summed E-state index contributed by atoms with van der Waals surface area (Å²) in [6.07, 6.45) is 0.973. The predicted octanol–water partition coefficient (Wildman–Crippen LogP) is 1.98. The molecule has 2 N–H and O–H groups in total. The van der Waals surface area contributed by atoms with E-state index in [0.717, 1.165) is 18.3 Å². The van der Waals surface area contributed by atoms with Crippen LogP contribution in [0.2, 0.25) is 5.15 Å². The minimum Gasteiger partial charge on any atom is -0.378 e. The van der Waals surface area contributed by atoms with Gasteiger partial charge >= 0.3 is 0 Å². The lowest BCUT2D eigenvalue weighted by molar-refractivity contribution is 0.122. The van der Waals surface area contributed by atoms with Crippen molar-refractivity contribution in [1.82, 2.24) is 10.2 Å². The largest absolute Gasteiger partial charge is 0.378 e. The number of H-pyrrole nitrogens is 1. The van der Waals surface area contributed by atoms with Gasteiger partial charge in [-0.25, -0.2) is 17.2 Å². The minimum absolute atomic E-state index is 0.0556. The molecule has 0 spiro atoms. The second-order valence-electron chi connectivity index (χ2n) is 5.04. The van der Waals surface area contributed by atoms with Crippen LogP contribution in [0, 0.1) is 11.6 Å². The maximum absolute atomic E-state index is 14.3. The van der Waals surface area contributed by atoms with E-state index >= 15 is 0 Å². The van der Waals surface area contributed by atoms with Crippen molar-refractivity contribution in [2.75, 3.05) is 35.9 Å². The molecule has 1 aromatic carbocycles. The molecule has 0 atom stereocenters. The number of hydrogen-bond acceptors (Lipinski definition) is 5. The molecule has 1 fully saturated rings. The number of nitrogens with zero attached hydrogens (tertiary/aromatic N) is 2. The van der Waals surface area contributed by atoms with Gasteiger partial charge in [0.15, 0.2) is 0 Å². The zero-order chi connectivity index (χ0) is 17.3. The maximum Gasteiger partial charge on any atom is 0.266 e. The van der Waals surface area contributed by atoms with E-state index in [2.05, 4.69) is 10.2 Å². The molecule has 7 nitrogen and oxygen atoms in total. The van der Waals surface area contributed by atoms with Crippen molar-refractivity contribution in [2.24, 2.45) is 0 Å². The summed E-state index contributed by atoms with van der Waals surface area (Å²) in [6, 6.07) is 1.75. The Hall–Kier alpha value is -1.91. The number of benzene rings is 1. The molecule has 0 amide bonds. The zero-order valence-electron chi connectivity index (χ0n) is 12.2. The minimum atomic E-state index is -4.19. The standard InChI is InChI=1S/C13H13ClF2N4O3S/c14-13-12(7-17-18-13)24(21,22)19-10-5-9(16)11(6-8(10)15)20-1-3-23-4-2-20/h5-7,19H,1-4H2,(H,17,18). The van der Waals surface area contributed by atoms with Crippen LogP contribution in [0.25, 0.3) is 0 Å². The Morgan fingerprint density at radius 3 is 2.58 bits per heavy atom. The van der Waals surface area contributed by atoms with Gasteiger partial charge in [-0.1, -0.05) is 11.6 Å². The molecule has 1 aliphatic rings. The van der Waals surface area contributed by atoms with Gasteiger partial charge in [-0.3, -0.25) is 9.82 Å². The summed E-state index contributed by atoms with van der Waals surface area (Å²) >= 11 is 5.66. The number of aromatic nitrogens is 2. The molecule has 1 aliphatic heterocycles. The Balaban J connectivity index is 1.90. The molecule has 0 radical (unpaired) electrons. The fourth-order valence-electron chi connectivity index (χ4n) is 2.31. The van der Waals surface area contributed by atoms with E-state index in [1.54, 1.807) is 4.90 Å². The van der Waals surface area contributed by atoms with Gasteiger partial charge in [-0.05, 0) is 0 Å². The number of anilines is 2. The van der Waals surface area contributed by atoms with Gasteiger partial charge in [0, 0.05) is 25.2 Å². The first-order valence-electron chi connectivity index (χ1n) is 6.92. The smallest absolute Gasteiger partial charge is 0.266 e. The molecule has 2 aromatic rings. The molecule has 1 aromatic heterocycles. The Morgan fingerprint density at radius 2 is 1.96 bits per heavy atom. The quantitative estimate of drug-likeness (QED) is 0.849. The number of nitrogens with one attached hydrogen (secondary N) is 2. The van der Waals surface area contributed by atoms with Crippen LogP contribution in [-0.4, -0.2) is 44.9 Å². The molecule has 0 bridgehead atoms. The molecule has 0 saturated carbocycles. The number of rotatable bonds is 4. The second-order valence-corrected chi connectivity index (χ2v) is 7.07. The molecule has 11 heteroatoms. The van der Waals surface area contributed by atoms with Gasteiger partial charge in [0.2, 0.25) is 0 Å². The lowest BCUT2D eigenvalue weighted by atomic mass is 10.2. The number of halogens is 3. The molecule has 2 heterocycles. The van der Waals surface area contributed by atoms with Crippen molar-refractivity contribution in [2.45, 2.75) is 4.90 Å². The van der Waals surface area contributed by atoms with E-state index in [1.807, 2.05) is 4.72 Å². The van der Waals surface area contributed by atoms with E-state index < -0.39 is 27.3 Å². The summed E-state index contributed by atoms with van der Waals surface area (Å²) in [5.74, 6) is -1.64. The third-order valence-corrected chi connectivity index (χ3v) is 5.26. The van der Waals surface area contributed by atoms with Crippen LogP contribution in [0.4, 0.5) is 20.2 Å². The van der Waals surface area contributed by atoms with Crippen molar-refractivity contribution in [1.29, 1.82) is 0 Å². The average molecular weight is 379 g/mol. The van der Waals surface area contributed by atoms with E-state index in [1.165, 1.54) is 0 Å². The highest BCUT2D eigenvalue weighted by atomic mass is 35.5. The van der Waals surface area contributed by atoms with Crippen LogP contribution in [-0.2, 0) is 14.8 Å². The molecule has 1 saturated heterocycles. The van der Waals surface area contributed by atoms with E-state index in [4.69, 9.17) is 16.3 Å². The van der Waals surface area contributed by atoms with Gasteiger partial charge < -0.3 is 9.64 Å². The van der Waals surface area contributed by atoms with E-state index in [0.29, 0.717) is 26.3 Å². The van der Waals surface area contributed by atoms with Gasteiger partial charge in [-0.15, -0.1) is 0 Å². The summed E-state index contributed by atoms with van der Waals surface area (Å²) in [5.41, 5.74) is -0.457. The maximum atomic E-state index is 14.3. The first kappa shape index (κ1) is 16.9. The molecule has 130 valence electrons. The molecular weight excluding hydrogens is 366 g/mol. The van der Waals surface area contributed by atoms with Crippen LogP contribution in [0.1, 0.15) is 0 Å². The monoisotopic (exact) mass is 378 g/mol. The number of hydrogen-bond donors (Lipinski definition) is 2. The van der Waals surface area contributed by atoms with E-state index in [9.17, 15) is 17.2 Å². The van der Waals surface area contributed by atoms with Crippen LogP contribution in [0.15, 0.2) is 23.2 Å². The van der Waals surface area contributed by atoms with Gasteiger partial charge in [0.1, 0.15) is 21.7 Å².